The first kappa shape index (κ1) is 70.8. The number of ether oxygens (including phenoxy) is 3. The van der Waals surface area contributed by atoms with Gasteiger partial charge in [0.2, 0.25) is 0 Å². The molecule has 0 aliphatic carbocycles. The molecule has 0 amide bonds. The molecule has 0 aromatic heterocycles. The molecule has 6 nitrogen and oxygen atoms in total. The maximum Gasteiger partial charge on any atom is 0.306 e. The van der Waals surface area contributed by atoms with Crippen molar-refractivity contribution in [2.45, 2.75) is 329 Å². The van der Waals surface area contributed by atoms with Gasteiger partial charge in [0, 0.05) is 19.3 Å². The molecule has 74 heavy (non-hydrogen) atoms. The zero-order valence-electron chi connectivity index (χ0n) is 49.1. The molecular weight excluding hydrogens is 913 g/mol. The second-order valence-corrected chi connectivity index (χ2v) is 21.3. The quantitative estimate of drug-likeness (QED) is 0.0261. The van der Waals surface area contributed by atoms with Crippen molar-refractivity contribution in [1.29, 1.82) is 0 Å². The number of rotatable bonds is 58. The van der Waals surface area contributed by atoms with Crippen molar-refractivity contribution in [2.24, 2.45) is 0 Å². The zero-order valence-corrected chi connectivity index (χ0v) is 49.1. The van der Waals surface area contributed by atoms with Crippen LogP contribution in [0.2, 0.25) is 0 Å². The van der Waals surface area contributed by atoms with E-state index in [-0.39, 0.29) is 31.1 Å². The van der Waals surface area contributed by atoms with Crippen LogP contribution in [-0.2, 0) is 28.6 Å². The number of carbonyl (C=O) groups is 3. The monoisotopic (exact) mass is 1030 g/mol. The molecular formula is C68H120O6. The van der Waals surface area contributed by atoms with Gasteiger partial charge in [-0.25, -0.2) is 0 Å². The molecule has 0 N–H and O–H groups in total. The van der Waals surface area contributed by atoms with Gasteiger partial charge in [0.25, 0.3) is 0 Å². The van der Waals surface area contributed by atoms with E-state index in [1.807, 2.05) is 0 Å². The topological polar surface area (TPSA) is 78.9 Å². The smallest absolute Gasteiger partial charge is 0.306 e. The van der Waals surface area contributed by atoms with Gasteiger partial charge in [-0.3, -0.25) is 14.4 Å². The summed E-state index contributed by atoms with van der Waals surface area (Å²) < 4.78 is 16.9. The number of unbranched alkanes of at least 4 members (excludes halogenated alkanes) is 35. The van der Waals surface area contributed by atoms with Crippen LogP contribution < -0.4 is 0 Å². The molecule has 0 aromatic carbocycles. The molecule has 1 unspecified atom stereocenters. The van der Waals surface area contributed by atoms with Gasteiger partial charge in [0.1, 0.15) is 13.2 Å². The summed E-state index contributed by atoms with van der Waals surface area (Å²) in [5.74, 6) is -0.882. The third-order valence-corrected chi connectivity index (χ3v) is 13.9. The van der Waals surface area contributed by atoms with E-state index >= 15 is 0 Å². The minimum absolute atomic E-state index is 0.0786. The lowest BCUT2D eigenvalue weighted by Crippen LogP contribution is -2.30. The summed E-state index contributed by atoms with van der Waals surface area (Å²) in [6.07, 6.45) is 80.5. The van der Waals surface area contributed by atoms with Gasteiger partial charge >= 0.3 is 17.9 Å². The Bertz CT molecular complexity index is 1370. The fourth-order valence-electron chi connectivity index (χ4n) is 9.11. The molecule has 428 valence electrons. The Morgan fingerprint density at radius 3 is 0.757 bits per heavy atom. The largest absolute Gasteiger partial charge is 0.462 e. The molecule has 6 heteroatoms. The molecule has 0 fully saturated rings. The Balaban J connectivity index is 4.29. The Hall–Kier alpha value is -3.15. The maximum absolute atomic E-state index is 12.9. The lowest BCUT2D eigenvalue weighted by molar-refractivity contribution is -0.167. The Morgan fingerprint density at radius 2 is 0.486 bits per heavy atom. The molecule has 0 heterocycles. The summed E-state index contributed by atoms with van der Waals surface area (Å²) in [4.78, 5) is 38.2. The van der Waals surface area contributed by atoms with E-state index in [0.717, 1.165) is 96.3 Å². The predicted octanol–water partition coefficient (Wildman–Crippen LogP) is 21.7. The standard InChI is InChI=1S/C68H120O6/c1-4-7-10-13-16-19-22-24-26-28-30-32-34-36-38-40-42-44-46-49-52-55-58-61-67(70)73-64-65(63-72-66(69)60-57-54-51-48-21-18-15-12-9-6-3)74-68(71)62-59-56-53-50-47-45-43-41-39-37-35-33-31-29-27-25-23-20-17-14-11-8-5-2/h22-25,28-31,34-37,65H,4-21,26-27,32-33,38-64H2,1-3H3/b24-22-,25-23-,30-28-,31-29-,36-34-,37-35-. The van der Waals surface area contributed by atoms with Crippen LogP contribution in [0.4, 0.5) is 0 Å². The molecule has 0 saturated heterocycles. The van der Waals surface area contributed by atoms with Crippen LogP contribution in [0, 0.1) is 0 Å². The molecule has 1 atom stereocenters. The molecule has 0 bridgehead atoms. The van der Waals surface area contributed by atoms with Gasteiger partial charge in [0.15, 0.2) is 6.10 Å². The summed E-state index contributed by atoms with van der Waals surface area (Å²) in [7, 11) is 0. The van der Waals surface area contributed by atoms with Gasteiger partial charge in [-0.05, 0) is 96.3 Å². The SMILES string of the molecule is CCCCCCC/C=C\C/C=C\C/C=C\CCCCCCCCCCC(=O)OCC(COC(=O)CCCCCCCCCCCC)OC(=O)CCCCCCCCCC/C=C\C/C=C\C/C=C\CCCCCCC. The Kier molecular flexibility index (Phi) is 59.7. The highest BCUT2D eigenvalue weighted by atomic mass is 16.6. The van der Waals surface area contributed by atoms with Gasteiger partial charge in [0.05, 0.1) is 0 Å². The summed E-state index contributed by atoms with van der Waals surface area (Å²) >= 11 is 0. The average Bonchev–Trinajstić information content (AvgIpc) is 3.40. The third-order valence-electron chi connectivity index (χ3n) is 13.9. The first-order valence-corrected chi connectivity index (χ1v) is 31.9. The van der Waals surface area contributed by atoms with Crippen molar-refractivity contribution < 1.29 is 28.6 Å². The average molecular weight is 1030 g/mol. The van der Waals surface area contributed by atoms with Crippen molar-refractivity contribution in [1.82, 2.24) is 0 Å². The van der Waals surface area contributed by atoms with E-state index in [1.165, 1.54) is 186 Å². The van der Waals surface area contributed by atoms with Crippen LogP contribution >= 0.6 is 0 Å². The highest BCUT2D eigenvalue weighted by Gasteiger charge is 2.19. The molecule has 0 rings (SSSR count). The second-order valence-electron chi connectivity index (χ2n) is 21.3. The molecule has 0 spiro atoms. The van der Waals surface area contributed by atoms with Crippen molar-refractivity contribution >= 4 is 17.9 Å². The van der Waals surface area contributed by atoms with Gasteiger partial charge < -0.3 is 14.2 Å². The van der Waals surface area contributed by atoms with E-state index in [9.17, 15) is 14.4 Å². The third kappa shape index (κ3) is 59.7. The fourth-order valence-corrected chi connectivity index (χ4v) is 9.11. The summed E-state index contributed by atoms with van der Waals surface area (Å²) in [6, 6.07) is 0. The van der Waals surface area contributed by atoms with Crippen molar-refractivity contribution in [3.05, 3.63) is 72.9 Å². The number of carbonyl (C=O) groups excluding carboxylic acids is 3. The number of allylic oxidation sites excluding steroid dienone is 12. The highest BCUT2D eigenvalue weighted by molar-refractivity contribution is 5.71. The summed E-state index contributed by atoms with van der Waals surface area (Å²) in [6.45, 7) is 6.62. The van der Waals surface area contributed by atoms with Crippen LogP contribution in [0.25, 0.3) is 0 Å². The first-order chi connectivity index (χ1) is 36.5. The molecule has 0 aromatic rings. The predicted molar refractivity (Wildman–Crippen MR) is 321 cm³/mol. The minimum Gasteiger partial charge on any atom is -0.462 e. The molecule has 0 saturated carbocycles. The van der Waals surface area contributed by atoms with E-state index < -0.39 is 6.10 Å². The molecule has 0 aliphatic heterocycles. The number of hydrogen-bond acceptors (Lipinski definition) is 6. The van der Waals surface area contributed by atoms with Gasteiger partial charge in [-0.1, -0.05) is 280 Å². The van der Waals surface area contributed by atoms with Crippen molar-refractivity contribution in [2.75, 3.05) is 13.2 Å². The van der Waals surface area contributed by atoms with Gasteiger partial charge in [-0.15, -0.1) is 0 Å². The van der Waals surface area contributed by atoms with Crippen molar-refractivity contribution in [3.8, 4) is 0 Å². The summed E-state index contributed by atoms with van der Waals surface area (Å²) in [5, 5.41) is 0. The zero-order chi connectivity index (χ0) is 53.6. The normalized spacial score (nSPS) is 12.5. The number of hydrogen-bond donors (Lipinski definition) is 0. The Morgan fingerprint density at radius 1 is 0.270 bits per heavy atom. The summed E-state index contributed by atoms with van der Waals surface area (Å²) in [5.41, 5.74) is 0. The Labute approximate surface area is 459 Å². The van der Waals surface area contributed by atoms with E-state index in [1.54, 1.807) is 0 Å². The fraction of sp³-hybridized carbons (Fsp3) is 0.779. The van der Waals surface area contributed by atoms with Crippen LogP contribution in [0.3, 0.4) is 0 Å². The van der Waals surface area contributed by atoms with Crippen LogP contribution in [0.5, 0.6) is 0 Å². The lowest BCUT2D eigenvalue weighted by atomic mass is 10.1. The van der Waals surface area contributed by atoms with E-state index in [2.05, 4.69) is 93.7 Å². The highest BCUT2D eigenvalue weighted by Crippen LogP contribution is 2.16. The van der Waals surface area contributed by atoms with Crippen LogP contribution in [-0.4, -0.2) is 37.2 Å². The lowest BCUT2D eigenvalue weighted by Gasteiger charge is -2.18. The second kappa shape index (κ2) is 62.4. The van der Waals surface area contributed by atoms with Gasteiger partial charge in [-0.2, -0.15) is 0 Å². The van der Waals surface area contributed by atoms with E-state index in [0.29, 0.717) is 19.3 Å². The molecule has 0 aliphatic rings. The molecule has 0 radical (unpaired) electrons. The van der Waals surface area contributed by atoms with E-state index in [4.69, 9.17) is 14.2 Å². The van der Waals surface area contributed by atoms with Crippen LogP contribution in [0.15, 0.2) is 72.9 Å². The minimum atomic E-state index is -0.782. The maximum atomic E-state index is 12.9. The van der Waals surface area contributed by atoms with Crippen LogP contribution in [0.1, 0.15) is 323 Å². The van der Waals surface area contributed by atoms with Crippen molar-refractivity contribution in [3.63, 3.8) is 0 Å². The number of esters is 3. The first-order valence-electron chi connectivity index (χ1n) is 31.9.